The summed E-state index contributed by atoms with van der Waals surface area (Å²) < 4.78 is 0. The monoisotopic (exact) mass is 169 g/mol. The summed E-state index contributed by atoms with van der Waals surface area (Å²) in [5.74, 6) is -0.379. The van der Waals surface area contributed by atoms with Crippen LogP contribution in [-0.4, -0.2) is 27.3 Å². The number of aromatic amines is 1. The van der Waals surface area contributed by atoms with E-state index < -0.39 is 6.10 Å². The second-order valence-corrected chi connectivity index (χ2v) is 2.50. The normalized spacial score (nSPS) is 12.5. The van der Waals surface area contributed by atoms with Crippen LogP contribution in [0.3, 0.4) is 0 Å². The van der Waals surface area contributed by atoms with E-state index in [1.54, 1.807) is 12.4 Å². The number of nitrogens with one attached hydrogen (secondary N) is 2. The molecule has 0 radical (unpaired) electrons. The van der Waals surface area contributed by atoms with Gasteiger partial charge in [0.15, 0.2) is 0 Å². The molecule has 1 aromatic rings. The number of carbonyl (C=O) groups excluding carboxylic acids is 1. The molecule has 5 nitrogen and oxygen atoms in total. The van der Waals surface area contributed by atoms with E-state index in [1.165, 1.54) is 6.92 Å². The number of amides is 1. The predicted molar refractivity (Wildman–Crippen MR) is 42.1 cm³/mol. The summed E-state index contributed by atoms with van der Waals surface area (Å²) in [6.07, 6.45) is 2.34. The second-order valence-electron chi connectivity index (χ2n) is 2.50. The molecule has 5 heteroatoms. The zero-order valence-corrected chi connectivity index (χ0v) is 6.74. The van der Waals surface area contributed by atoms with Gasteiger partial charge < -0.3 is 10.4 Å². The van der Waals surface area contributed by atoms with E-state index in [-0.39, 0.29) is 5.91 Å². The highest BCUT2D eigenvalue weighted by molar-refractivity contribution is 5.79. The number of aliphatic hydroxyl groups excluding tert-OH is 1. The first kappa shape index (κ1) is 8.73. The largest absolute Gasteiger partial charge is 0.384 e. The van der Waals surface area contributed by atoms with Gasteiger partial charge in [-0.3, -0.25) is 9.89 Å². The van der Waals surface area contributed by atoms with Crippen LogP contribution in [0.5, 0.6) is 0 Å². The van der Waals surface area contributed by atoms with Crippen LogP contribution in [0.1, 0.15) is 12.5 Å². The van der Waals surface area contributed by atoms with Gasteiger partial charge in [-0.1, -0.05) is 0 Å². The lowest BCUT2D eigenvalue weighted by Gasteiger charge is -2.04. The van der Waals surface area contributed by atoms with Crippen molar-refractivity contribution < 1.29 is 9.90 Å². The van der Waals surface area contributed by atoms with E-state index in [0.29, 0.717) is 6.54 Å². The van der Waals surface area contributed by atoms with Gasteiger partial charge in [0.05, 0.1) is 6.20 Å². The van der Waals surface area contributed by atoms with Crippen molar-refractivity contribution in [3.63, 3.8) is 0 Å². The molecule has 1 amide bonds. The van der Waals surface area contributed by atoms with Gasteiger partial charge in [-0.15, -0.1) is 0 Å². The quantitative estimate of drug-likeness (QED) is 0.565. The Balaban J connectivity index is 2.32. The zero-order chi connectivity index (χ0) is 8.97. The Morgan fingerprint density at radius 2 is 2.67 bits per heavy atom. The lowest BCUT2D eigenvalue weighted by atomic mass is 10.3. The smallest absolute Gasteiger partial charge is 0.248 e. The first-order valence-corrected chi connectivity index (χ1v) is 3.63. The van der Waals surface area contributed by atoms with Crippen LogP contribution in [0.2, 0.25) is 0 Å². The Kier molecular flexibility index (Phi) is 2.82. The first-order chi connectivity index (χ1) is 5.70. The standard InChI is InChI=1S/C7H11N3O2/c1-5(11)7(12)8-2-6-3-9-10-4-6/h3-5,11H,2H2,1H3,(H,8,12)(H,9,10)/t5-/m0/s1. The molecule has 0 bridgehead atoms. The maximum Gasteiger partial charge on any atom is 0.248 e. The average molecular weight is 169 g/mol. The maximum absolute atomic E-state index is 10.8. The van der Waals surface area contributed by atoms with Gasteiger partial charge in [-0.2, -0.15) is 5.10 Å². The third kappa shape index (κ3) is 2.35. The Labute approximate surface area is 69.8 Å². The molecule has 1 aromatic heterocycles. The fraction of sp³-hybridized carbons (Fsp3) is 0.429. The summed E-state index contributed by atoms with van der Waals surface area (Å²) in [6.45, 7) is 1.81. The molecule has 0 saturated carbocycles. The molecule has 0 spiro atoms. The van der Waals surface area contributed by atoms with Gasteiger partial charge in [0.2, 0.25) is 5.91 Å². The van der Waals surface area contributed by atoms with Gasteiger partial charge >= 0.3 is 0 Å². The number of aromatic nitrogens is 2. The number of aliphatic hydroxyl groups is 1. The van der Waals surface area contributed by atoms with E-state index >= 15 is 0 Å². The van der Waals surface area contributed by atoms with E-state index in [4.69, 9.17) is 5.11 Å². The van der Waals surface area contributed by atoms with Crippen molar-refractivity contribution >= 4 is 5.91 Å². The number of hydrogen-bond donors (Lipinski definition) is 3. The minimum Gasteiger partial charge on any atom is -0.384 e. The zero-order valence-electron chi connectivity index (χ0n) is 6.74. The van der Waals surface area contributed by atoms with E-state index in [0.717, 1.165) is 5.56 Å². The molecule has 0 aromatic carbocycles. The second kappa shape index (κ2) is 3.87. The highest BCUT2D eigenvalue weighted by Crippen LogP contribution is 1.92. The highest BCUT2D eigenvalue weighted by Gasteiger charge is 2.07. The minimum atomic E-state index is -0.961. The Hall–Kier alpha value is -1.36. The van der Waals surface area contributed by atoms with E-state index in [9.17, 15) is 4.79 Å². The molecule has 0 aliphatic rings. The molecule has 0 aliphatic heterocycles. The summed E-state index contributed by atoms with van der Waals surface area (Å²) in [4.78, 5) is 10.8. The number of rotatable bonds is 3. The van der Waals surface area contributed by atoms with Crippen molar-refractivity contribution in [1.82, 2.24) is 15.5 Å². The molecule has 0 fully saturated rings. The number of carbonyl (C=O) groups is 1. The van der Waals surface area contributed by atoms with Crippen LogP contribution in [0.4, 0.5) is 0 Å². The topological polar surface area (TPSA) is 78.0 Å². The minimum absolute atomic E-state index is 0.379. The van der Waals surface area contributed by atoms with Crippen LogP contribution in [0.25, 0.3) is 0 Å². The summed E-state index contributed by atoms with van der Waals surface area (Å²) in [5.41, 5.74) is 0.879. The highest BCUT2D eigenvalue weighted by atomic mass is 16.3. The van der Waals surface area contributed by atoms with Gasteiger partial charge in [0, 0.05) is 18.3 Å². The molecule has 1 rings (SSSR count). The molecule has 0 unspecified atom stereocenters. The Morgan fingerprint density at radius 1 is 1.92 bits per heavy atom. The molecule has 0 saturated heterocycles. The van der Waals surface area contributed by atoms with Gasteiger partial charge in [-0.25, -0.2) is 0 Å². The third-order valence-electron chi connectivity index (χ3n) is 1.40. The van der Waals surface area contributed by atoms with Gasteiger partial charge in [-0.05, 0) is 6.92 Å². The van der Waals surface area contributed by atoms with Crippen molar-refractivity contribution in [2.24, 2.45) is 0 Å². The molecule has 3 N–H and O–H groups in total. The summed E-state index contributed by atoms with van der Waals surface area (Å²) in [7, 11) is 0. The van der Waals surface area contributed by atoms with Gasteiger partial charge in [0.25, 0.3) is 0 Å². The first-order valence-electron chi connectivity index (χ1n) is 3.63. The summed E-state index contributed by atoms with van der Waals surface area (Å²) in [5, 5.41) is 17.7. The van der Waals surface area contributed by atoms with Crippen molar-refractivity contribution in [2.75, 3.05) is 0 Å². The lowest BCUT2D eigenvalue weighted by Crippen LogP contribution is -2.31. The van der Waals surface area contributed by atoms with Crippen LogP contribution in [0.15, 0.2) is 12.4 Å². The molecule has 1 heterocycles. The van der Waals surface area contributed by atoms with Gasteiger partial charge in [0.1, 0.15) is 6.10 Å². The van der Waals surface area contributed by atoms with Crippen molar-refractivity contribution in [3.8, 4) is 0 Å². The van der Waals surface area contributed by atoms with Crippen molar-refractivity contribution in [2.45, 2.75) is 19.6 Å². The van der Waals surface area contributed by atoms with Crippen LogP contribution in [-0.2, 0) is 11.3 Å². The van der Waals surface area contributed by atoms with Crippen molar-refractivity contribution in [3.05, 3.63) is 18.0 Å². The average Bonchev–Trinajstić information content (AvgIpc) is 2.51. The molecular formula is C7H11N3O2. The predicted octanol–water partition coefficient (Wildman–Crippen LogP) is -0.593. The Bertz CT molecular complexity index is 243. The van der Waals surface area contributed by atoms with Crippen LogP contribution >= 0.6 is 0 Å². The lowest BCUT2D eigenvalue weighted by molar-refractivity contribution is -0.128. The van der Waals surface area contributed by atoms with Crippen LogP contribution < -0.4 is 5.32 Å². The summed E-state index contributed by atoms with van der Waals surface area (Å²) in [6, 6.07) is 0. The van der Waals surface area contributed by atoms with Crippen molar-refractivity contribution in [1.29, 1.82) is 0 Å². The third-order valence-corrected chi connectivity index (χ3v) is 1.40. The molecule has 0 aliphatic carbocycles. The maximum atomic E-state index is 10.8. The number of nitrogens with zero attached hydrogens (tertiary/aromatic N) is 1. The van der Waals surface area contributed by atoms with Crippen LogP contribution in [0, 0.1) is 0 Å². The van der Waals surface area contributed by atoms with E-state index in [1.807, 2.05) is 0 Å². The number of H-pyrrole nitrogens is 1. The molecule has 12 heavy (non-hydrogen) atoms. The molecule has 66 valence electrons. The fourth-order valence-corrected chi connectivity index (χ4v) is 0.711. The Morgan fingerprint density at radius 3 is 3.17 bits per heavy atom. The fourth-order valence-electron chi connectivity index (χ4n) is 0.711. The summed E-state index contributed by atoms with van der Waals surface area (Å²) >= 11 is 0. The molecule has 1 atom stereocenters. The SMILES string of the molecule is C[C@H](O)C(=O)NCc1cn[nH]c1. The molecular weight excluding hydrogens is 158 g/mol. The van der Waals surface area contributed by atoms with E-state index in [2.05, 4.69) is 15.5 Å². The number of hydrogen-bond acceptors (Lipinski definition) is 3.